The minimum absolute atomic E-state index is 0.362. The molecular weight excluding hydrogens is 416 g/mol. The van der Waals surface area contributed by atoms with Gasteiger partial charge in [0, 0.05) is 67.4 Å². The fourth-order valence-electron chi connectivity index (χ4n) is 4.52. The van der Waals surface area contributed by atoms with Crippen molar-refractivity contribution in [3.63, 3.8) is 0 Å². The average Bonchev–Trinajstić information content (AvgIpc) is 2.79. The quantitative estimate of drug-likeness (QED) is 0.554. The first kappa shape index (κ1) is 22.9. The highest BCUT2D eigenvalue weighted by Gasteiger charge is 2.34. The molecule has 2 heterocycles. The molecule has 4 rings (SSSR count). The molecule has 2 N–H and O–H groups in total. The van der Waals surface area contributed by atoms with E-state index in [4.69, 9.17) is 0 Å². The van der Waals surface area contributed by atoms with E-state index in [0.717, 1.165) is 43.5 Å². The fraction of sp³-hybridized carbons (Fsp3) is 0.423. The molecule has 0 radical (unpaired) electrons. The number of nitrogens with zero attached hydrogens (tertiary/aromatic N) is 2. The van der Waals surface area contributed by atoms with Crippen LogP contribution in [0.4, 0.5) is 5.69 Å². The summed E-state index contributed by atoms with van der Waals surface area (Å²) >= 11 is 0. The first-order valence-electron chi connectivity index (χ1n) is 11.5. The number of fused-ring (bicyclic) bond motifs is 1. The highest BCUT2D eigenvalue weighted by Crippen LogP contribution is 2.33. The Morgan fingerprint density at radius 3 is 2.59 bits per heavy atom. The summed E-state index contributed by atoms with van der Waals surface area (Å²) in [7, 11) is -0.704. The Kier molecular flexibility index (Phi) is 6.39. The SMILES string of the molecule is CCS(C)(C)(=O)N1CCC(Nc2cc(-c3cccc(CNC)c3)cc3ccncc23)CC1. The Morgan fingerprint density at radius 1 is 1.09 bits per heavy atom. The highest BCUT2D eigenvalue weighted by atomic mass is 32.3. The molecule has 0 bridgehead atoms. The molecule has 0 spiro atoms. The summed E-state index contributed by atoms with van der Waals surface area (Å²) in [6.45, 7) is 4.62. The van der Waals surface area contributed by atoms with Crippen LogP contribution >= 0.6 is 0 Å². The van der Waals surface area contributed by atoms with Gasteiger partial charge in [0.05, 0.1) is 0 Å². The summed E-state index contributed by atoms with van der Waals surface area (Å²) < 4.78 is 15.5. The minimum Gasteiger partial charge on any atom is -0.382 e. The zero-order chi connectivity index (χ0) is 22.8. The van der Waals surface area contributed by atoms with Gasteiger partial charge in [-0.25, -0.2) is 4.31 Å². The number of pyridine rings is 1. The number of aromatic nitrogens is 1. The van der Waals surface area contributed by atoms with Crippen molar-refractivity contribution in [1.82, 2.24) is 14.6 Å². The lowest BCUT2D eigenvalue weighted by molar-refractivity contribution is 0.335. The predicted molar refractivity (Wildman–Crippen MR) is 139 cm³/mol. The second-order valence-corrected chi connectivity index (χ2v) is 14.6. The number of benzene rings is 2. The van der Waals surface area contributed by atoms with Crippen LogP contribution in [0.5, 0.6) is 0 Å². The third kappa shape index (κ3) is 4.87. The smallest absolute Gasteiger partial charge is 0.0443 e. The van der Waals surface area contributed by atoms with Crippen LogP contribution in [0.25, 0.3) is 21.9 Å². The third-order valence-electron chi connectivity index (χ3n) is 6.84. The number of hydrogen-bond acceptors (Lipinski definition) is 4. The van der Waals surface area contributed by atoms with E-state index in [-0.39, 0.29) is 0 Å². The number of rotatable bonds is 7. The lowest BCUT2D eigenvalue weighted by atomic mass is 9.98. The molecular formula is C26H36N4OS. The van der Waals surface area contributed by atoms with Gasteiger partial charge in [-0.15, -0.1) is 0 Å². The summed E-state index contributed by atoms with van der Waals surface area (Å²) in [4.78, 5) is 4.38. The molecule has 172 valence electrons. The number of anilines is 1. The fourth-order valence-corrected chi connectivity index (χ4v) is 6.23. The van der Waals surface area contributed by atoms with Crippen LogP contribution in [0.15, 0.2) is 54.9 Å². The Bertz CT molecular complexity index is 1160. The zero-order valence-electron chi connectivity index (χ0n) is 19.7. The second kappa shape index (κ2) is 8.93. The van der Waals surface area contributed by atoms with Crippen LogP contribution in [-0.4, -0.2) is 57.9 Å². The molecule has 1 fully saturated rings. The Balaban J connectivity index is 1.61. The molecule has 6 heteroatoms. The van der Waals surface area contributed by atoms with Crippen LogP contribution in [-0.2, 0) is 15.8 Å². The Morgan fingerprint density at radius 2 is 1.88 bits per heavy atom. The van der Waals surface area contributed by atoms with Gasteiger partial charge in [-0.3, -0.25) is 9.19 Å². The average molecular weight is 453 g/mol. The largest absolute Gasteiger partial charge is 0.382 e. The molecule has 1 aliphatic heterocycles. The summed E-state index contributed by atoms with van der Waals surface area (Å²) in [6, 6.07) is 15.7. The molecule has 0 atom stereocenters. The van der Waals surface area contributed by atoms with E-state index in [2.05, 4.69) is 62.4 Å². The van der Waals surface area contributed by atoms with Gasteiger partial charge in [-0.1, -0.05) is 34.4 Å². The van der Waals surface area contributed by atoms with E-state index in [0.29, 0.717) is 11.8 Å². The Labute approximate surface area is 192 Å². The molecule has 1 aromatic heterocycles. The first-order chi connectivity index (χ1) is 15.3. The van der Waals surface area contributed by atoms with E-state index in [9.17, 15) is 4.21 Å². The van der Waals surface area contributed by atoms with Crippen molar-refractivity contribution in [3.05, 3.63) is 60.4 Å². The molecule has 0 saturated carbocycles. The van der Waals surface area contributed by atoms with Gasteiger partial charge in [0.15, 0.2) is 0 Å². The van der Waals surface area contributed by atoms with Crippen LogP contribution in [0.3, 0.4) is 0 Å². The second-order valence-electron chi connectivity index (χ2n) is 9.49. The van der Waals surface area contributed by atoms with E-state index >= 15 is 0 Å². The first-order valence-corrected chi connectivity index (χ1v) is 14.4. The van der Waals surface area contributed by atoms with Crippen molar-refractivity contribution in [2.75, 3.05) is 43.7 Å². The summed E-state index contributed by atoms with van der Waals surface area (Å²) in [5.74, 6) is 0.709. The van der Waals surface area contributed by atoms with Crippen molar-refractivity contribution >= 4 is 25.7 Å². The van der Waals surface area contributed by atoms with Crippen molar-refractivity contribution in [2.45, 2.75) is 32.4 Å². The van der Waals surface area contributed by atoms with Gasteiger partial charge in [0.2, 0.25) is 0 Å². The maximum absolute atomic E-state index is 13.3. The number of hydrogen-bond donors (Lipinski definition) is 2. The zero-order valence-corrected chi connectivity index (χ0v) is 20.5. The standard InChI is InChI=1S/C26H36N4OS/c1-5-32(3,4,31)30-13-10-24(11-14-30)29-26-17-23(16-22-9-12-28-19-25(22)26)21-8-6-7-20(15-21)18-27-2/h6-9,12,15-17,19,24,27,29H,5,10-11,13-14,18H2,1-4H3. The molecule has 0 aliphatic carbocycles. The van der Waals surface area contributed by atoms with Crippen LogP contribution in [0.1, 0.15) is 25.3 Å². The Hall–Kier alpha value is -2.28. The molecule has 3 aromatic rings. The van der Waals surface area contributed by atoms with Gasteiger partial charge in [0.25, 0.3) is 0 Å². The summed E-state index contributed by atoms with van der Waals surface area (Å²) in [5.41, 5.74) is 4.83. The van der Waals surface area contributed by atoms with Gasteiger partial charge < -0.3 is 10.6 Å². The van der Waals surface area contributed by atoms with Crippen LogP contribution in [0, 0.1) is 0 Å². The molecule has 5 nitrogen and oxygen atoms in total. The molecule has 32 heavy (non-hydrogen) atoms. The lowest BCUT2D eigenvalue weighted by Crippen LogP contribution is -2.55. The van der Waals surface area contributed by atoms with Crippen molar-refractivity contribution in [3.8, 4) is 11.1 Å². The number of piperidine rings is 1. The highest BCUT2D eigenvalue weighted by molar-refractivity contribution is 8.16. The van der Waals surface area contributed by atoms with E-state index in [1.807, 2.05) is 38.9 Å². The van der Waals surface area contributed by atoms with E-state index < -0.39 is 9.25 Å². The third-order valence-corrected chi connectivity index (χ3v) is 10.5. The molecule has 0 unspecified atom stereocenters. The van der Waals surface area contributed by atoms with Gasteiger partial charge >= 0.3 is 0 Å². The van der Waals surface area contributed by atoms with E-state index in [1.165, 1.54) is 22.1 Å². The van der Waals surface area contributed by atoms with Crippen molar-refractivity contribution in [2.24, 2.45) is 0 Å². The summed E-state index contributed by atoms with van der Waals surface area (Å²) in [6.07, 6.45) is 9.66. The van der Waals surface area contributed by atoms with Crippen molar-refractivity contribution < 1.29 is 4.21 Å². The topological polar surface area (TPSA) is 57.3 Å². The molecule has 1 aliphatic rings. The van der Waals surface area contributed by atoms with Gasteiger partial charge in [-0.2, -0.15) is 0 Å². The summed E-state index contributed by atoms with van der Waals surface area (Å²) in [5, 5.41) is 9.37. The molecule has 0 amide bonds. The molecule has 1 saturated heterocycles. The van der Waals surface area contributed by atoms with E-state index in [1.54, 1.807) is 0 Å². The lowest BCUT2D eigenvalue weighted by Gasteiger charge is -2.48. The maximum Gasteiger partial charge on any atom is 0.0443 e. The van der Waals surface area contributed by atoms with Gasteiger partial charge in [-0.05, 0) is 66.2 Å². The maximum atomic E-state index is 13.3. The minimum atomic E-state index is -2.68. The molecule has 2 aromatic carbocycles. The van der Waals surface area contributed by atoms with Gasteiger partial charge in [0.1, 0.15) is 0 Å². The monoisotopic (exact) mass is 452 g/mol. The van der Waals surface area contributed by atoms with Crippen molar-refractivity contribution in [1.29, 1.82) is 0 Å². The van der Waals surface area contributed by atoms with Crippen LogP contribution in [0.2, 0.25) is 0 Å². The van der Waals surface area contributed by atoms with Crippen LogP contribution < -0.4 is 10.6 Å². The predicted octanol–water partition coefficient (Wildman–Crippen LogP) is 4.51. The number of nitrogens with one attached hydrogen (secondary N) is 2. The normalized spacial score (nSPS) is 17.2.